The Labute approximate surface area is 144 Å². The predicted octanol–water partition coefficient (Wildman–Crippen LogP) is 4.89. The van der Waals surface area contributed by atoms with E-state index in [9.17, 15) is 9.90 Å². The highest BCUT2D eigenvalue weighted by molar-refractivity contribution is 6.37. The predicted molar refractivity (Wildman–Crippen MR) is 90.3 cm³/mol. The van der Waals surface area contributed by atoms with Gasteiger partial charge in [-0.2, -0.15) is 0 Å². The van der Waals surface area contributed by atoms with E-state index in [1.807, 2.05) is 12.1 Å². The number of aromatic nitrogens is 1. The number of nitrogens with zero attached hydrogens (tertiary/aromatic N) is 1. The van der Waals surface area contributed by atoms with Crippen LogP contribution in [0.1, 0.15) is 33.5 Å². The number of carboxylic acids is 1. The topological polar surface area (TPSA) is 50.2 Å². The van der Waals surface area contributed by atoms with Crippen molar-refractivity contribution in [2.24, 2.45) is 0 Å². The molecule has 0 amide bonds. The molecule has 6 heteroatoms. The number of hydrogen-bond acceptors (Lipinski definition) is 2. The van der Waals surface area contributed by atoms with Gasteiger partial charge in [-0.15, -0.1) is 12.4 Å². The number of aryl methyl sites for hydroxylation is 1. The van der Waals surface area contributed by atoms with E-state index in [4.69, 9.17) is 23.2 Å². The molecule has 1 aliphatic carbocycles. The molecule has 0 bridgehead atoms. The second-order valence-corrected chi connectivity index (χ2v) is 5.63. The van der Waals surface area contributed by atoms with Gasteiger partial charge in [-0.3, -0.25) is 4.98 Å². The molecule has 0 saturated carbocycles. The number of allylic oxidation sites excluding steroid dienone is 1. The molecule has 0 spiro atoms. The number of halogens is 3. The first-order chi connectivity index (χ1) is 10.1. The van der Waals surface area contributed by atoms with Crippen LogP contribution in [-0.2, 0) is 6.42 Å². The average Bonchev–Trinajstić information content (AvgIpc) is 2.46. The van der Waals surface area contributed by atoms with Gasteiger partial charge in [0.15, 0.2) is 0 Å². The van der Waals surface area contributed by atoms with Gasteiger partial charge in [0.2, 0.25) is 0 Å². The monoisotopic (exact) mass is 355 g/mol. The lowest BCUT2D eigenvalue weighted by molar-refractivity contribution is 0.0697. The number of carbonyl (C=O) groups is 1. The Hall–Kier alpha value is -1.55. The van der Waals surface area contributed by atoms with E-state index in [0.29, 0.717) is 15.6 Å². The Balaban J connectivity index is 0.00000176. The molecule has 2 aromatic rings. The summed E-state index contributed by atoms with van der Waals surface area (Å²) in [5.74, 6) is -0.949. The normalized spacial score (nSPS) is 12.9. The van der Waals surface area contributed by atoms with Crippen molar-refractivity contribution < 1.29 is 9.90 Å². The maximum absolute atomic E-state index is 11.2. The summed E-state index contributed by atoms with van der Waals surface area (Å²) in [5.41, 5.74) is 3.80. The summed E-state index contributed by atoms with van der Waals surface area (Å²) in [5, 5.41) is 10.1. The Bertz CT molecular complexity index is 752. The van der Waals surface area contributed by atoms with Gasteiger partial charge < -0.3 is 5.11 Å². The maximum Gasteiger partial charge on any atom is 0.335 e. The van der Waals surface area contributed by atoms with Gasteiger partial charge >= 0.3 is 5.97 Å². The molecule has 0 radical (unpaired) electrons. The average molecular weight is 357 g/mol. The van der Waals surface area contributed by atoms with Gasteiger partial charge in [0.25, 0.3) is 0 Å². The lowest BCUT2D eigenvalue weighted by atomic mass is 9.86. The Morgan fingerprint density at radius 1 is 1.18 bits per heavy atom. The van der Waals surface area contributed by atoms with Crippen LogP contribution in [0.2, 0.25) is 10.0 Å². The zero-order chi connectivity index (χ0) is 15.0. The number of carboxylic acid groups (broad SMARTS) is 1. The summed E-state index contributed by atoms with van der Waals surface area (Å²) in [4.78, 5) is 15.1. The van der Waals surface area contributed by atoms with Crippen LogP contribution in [0, 0.1) is 0 Å². The van der Waals surface area contributed by atoms with Crippen LogP contribution in [0.25, 0.3) is 5.57 Å². The second-order valence-electron chi connectivity index (χ2n) is 4.81. The van der Waals surface area contributed by atoms with E-state index in [1.165, 1.54) is 0 Å². The van der Waals surface area contributed by atoms with E-state index < -0.39 is 5.97 Å². The number of hydrogen-bond donors (Lipinski definition) is 1. The zero-order valence-electron chi connectivity index (χ0n) is 11.3. The second kappa shape index (κ2) is 6.69. The van der Waals surface area contributed by atoms with Crippen LogP contribution in [0.15, 0.2) is 36.7 Å². The van der Waals surface area contributed by atoms with Crippen molar-refractivity contribution in [2.45, 2.75) is 12.8 Å². The molecule has 3 rings (SSSR count). The first-order valence-corrected chi connectivity index (χ1v) is 7.19. The van der Waals surface area contributed by atoms with E-state index in [1.54, 1.807) is 24.5 Å². The van der Waals surface area contributed by atoms with Gasteiger partial charge in [-0.1, -0.05) is 35.3 Å². The zero-order valence-corrected chi connectivity index (χ0v) is 13.7. The molecule has 1 N–H and O–H groups in total. The summed E-state index contributed by atoms with van der Waals surface area (Å²) in [6.45, 7) is 0. The number of fused-ring (bicyclic) bond motifs is 1. The highest BCUT2D eigenvalue weighted by Gasteiger charge is 2.20. The quantitative estimate of drug-likeness (QED) is 0.833. The molecule has 1 aliphatic rings. The van der Waals surface area contributed by atoms with E-state index >= 15 is 0 Å². The van der Waals surface area contributed by atoms with Crippen LogP contribution in [-0.4, -0.2) is 16.1 Å². The van der Waals surface area contributed by atoms with Crippen molar-refractivity contribution in [3.8, 4) is 0 Å². The number of pyridine rings is 1. The van der Waals surface area contributed by atoms with Gasteiger partial charge in [-0.25, -0.2) is 4.79 Å². The van der Waals surface area contributed by atoms with Gasteiger partial charge in [0.1, 0.15) is 0 Å². The van der Waals surface area contributed by atoms with Gasteiger partial charge in [-0.05, 0) is 41.7 Å². The largest absolute Gasteiger partial charge is 0.478 e. The lowest BCUT2D eigenvalue weighted by Gasteiger charge is -2.20. The summed E-state index contributed by atoms with van der Waals surface area (Å²) < 4.78 is 0. The van der Waals surface area contributed by atoms with Crippen LogP contribution in [0.5, 0.6) is 0 Å². The van der Waals surface area contributed by atoms with Crippen molar-refractivity contribution >= 4 is 47.2 Å². The molecule has 1 heterocycles. The molecule has 0 atom stereocenters. The molecule has 1 aromatic carbocycles. The smallest absolute Gasteiger partial charge is 0.335 e. The van der Waals surface area contributed by atoms with Crippen molar-refractivity contribution in [1.29, 1.82) is 0 Å². The Kier molecular flexibility index (Phi) is 5.12. The molecule has 1 aromatic heterocycles. The molecular formula is C16H12Cl3NO2. The fourth-order valence-corrected chi connectivity index (χ4v) is 3.13. The molecule has 0 fully saturated rings. The van der Waals surface area contributed by atoms with Crippen LogP contribution in [0.4, 0.5) is 0 Å². The molecule has 0 saturated heterocycles. The fraction of sp³-hybridized carbons (Fsp3) is 0.125. The molecule has 22 heavy (non-hydrogen) atoms. The fourth-order valence-electron chi connectivity index (χ4n) is 2.57. The highest BCUT2D eigenvalue weighted by Crippen LogP contribution is 2.38. The third kappa shape index (κ3) is 2.98. The third-order valence-electron chi connectivity index (χ3n) is 3.53. The minimum atomic E-state index is -0.949. The van der Waals surface area contributed by atoms with Gasteiger partial charge in [0.05, 0.1) is 15.6 Å². The third-order valence-corrected chi connectivity index (χ3v) is 4.11. The van der Waals surface area contributed by atoms with E-state index in [-0.39, 0.29) is 18.0 Å². The minimum Gasteiger partial charge on any atom is -0.478 e. The van der Waals surface area contributed by atoms with Crippen LogP contribution >= 0.6 is 35.6 Å². The summed E-state index contributed by atoms with van der Waals surface area (Å²) >= 11 is 12.5. The highest BCUT2D eigenvalue weighted by atomic mass is 35.5. The number of benzene rings is 1. The number of rotatable bonds is 2. The van der Waals surface area contributed by atoms with Crippen LogP contribution < -0.4 is 0 Å². The molecule has 114 valence electrons. The Morgan fingerprint density at radius 3 is 2.50 bits per heavy atom. The standard InChI is InChI=1S/C16H11Cl2NO2.ClH/c17-13-7-19-8-14(18)15(13)11-3-1-2-9-4-5-10(16(20)21)6-12(9)11;/h3-8H,1-2H2,(H,20,21);1H. The van der Waals surface area contributed by atoms with E-state index in [0.717, 1.165) is 29.5 Å². The summed E-state index contributed by atoms with van der Waals surface area (Å²) in [6.07, 6.45) is 6.86. The maximum atomic E-state index is 11.2. The van der Waals surface area contributed by atoms with Gasteiger partial charge in [0, 0.05) is 18.0 Å². The number of aromatic carboxylic acids is 1. The van der Waals surface area contributed by atoms with Crippen molar-refractivity contribution in [3.63, 3.8) is 0 Å². The SMILES string of the molecule is Cl.O=C(O)c1ccc2c(c1)C(c1c(Cl)cncc1Cl)=CCC2. The van der Waals surface area contributed by atoms with Crippen molar-refractivity contribution in [2.75, 3.05) is 0 Å². The summed E-state index contributed by atoms with van der Waals surface area (Å²) in [6, 6.07) is 5.16. The molecule has 0 aliphatic heterocycles. The Morgan fingerprint density at radius 2 is 1.86 bits per heavy atom. The molecular weight excluding hydrogens is 345 g/mol. The lowest BCUT2D eigenvalue weighted by Crippen LogP contribution is -2.05. The first-order valence-electron chi connectivity index (χ1n) is 6.44. The van der Waals surface area contributed by atoms with Crippen molar-refractivity contribution in [3.05, 3.63) is 69.0 Å². The van der Waals surface area contributed by atoms with E-state index in [2.05, 4.69) is 4.98 Å². The minimum absolute atomic E-state index is 0. The molecule has 3 nitrogen and oxygen atoms in total. The van der Waals surface area contributed by atoms with Crippen molar-refractivity contribution in [1.82, 2.24) is 4.98 Å². The summed E-state index contributed by atoms with van der Waals surface area (Å²) in [7, 11) is 0. The first kappa shape index (κ1) is 16.8. The molecule has 0 unspecified atom stereocenters. The van der Waals surface area contributed by atoms with Crippen LogP contribution in [0.3, 0.4) is 0 Å².